The maximum absolute atomic E-state index is 12.1. The molecule has 0 aromatic carbocycles. The van der Waals surface area contributed by atoms with E-state index in [1.807, 2.05) is 19.1 Å². The molecule has 0 fully saturated rings. The van der Waals surface area contributed by atoms with E-state index >= 15 is 0 Å². The van der Waals surface area contributed by atoms with Crippen LogP contribution in [0.15, 0.2) is 24.5 Å². The fourth-order valence-corrected chi connectivity index (χ4v) is 2.51. The van der Waals surface area contributed by atoms with Crippen molar-refractivity contribution in [2.45, 2.75) is 26.0 Å². The van der Waals surface area contributed by atoms with Crippen LogP contribution in [0.2, 0.25) is 0 Å². The molecule has 0 aliphatic carbocycles. The molecule has 0 saturated carbocycles. The first kappa shape index (κ1) is 12.8. The molecule has 1 aliphatic heterocycles. The van der Waals surface area contributed by atoms with Gasteiger partial charge in [0.1, 0.15) is 5.69 Å². The molecule has 0 saturated heterocycles. The first-order valence-corrected chi connectivity index (χ1v) is 6.54. The van der Waals surface area contributed by atoms with E-state index in [-0.39, 0.29) is 11.9 Å². The lowest BCUT2D eigenvalue weighted by atomic mass is 10.0. The van der Waals surface area contributed by atoms with Crippen LogP contribution in [0.1, 0.15) is 29.1 Å². The van der Waals surface area contributed by atoms with Crippen molar-refractivity contribution < 1.29 is 9.90 Å². The summed E-state index contributed by atoms with van der Waals surface area (Å²) >= 11 is 0. The lowest BCUT2D eigenvalue weighted by Crippen LogP contribution is -2.43. The second-order valence-corrected chi connectivity index (χ2v) is 5.06. The number of aliphatic hydroxyl groups excluding tert-OH is 1. The van der Waals surface area contributed by atoms with E-state index < -0.39 is 6.10 Å². The average Bonchev–Trinajstić information content (AvgIpc) is 2.84. The summed E-state index contributed by atoms with van der Waals surface area (Å²) in [4.78, 5) is 16.3. The van der Waals surface area contributed by atoms with Gasteiger partial charge in [-0.2, -0.15) is 5.10 Å². The number of aromatic nitrogens is 3. The van der Waals surface area contributed by atoms with E-state index in [9.17, 15) is 9.90 Å². The van der Waals surface area contributed by atoms with E-state index in [1.165, 1.54) is 0 Å². The van der Waals surface area contributed by atoms with Gasteiger partial charge in [0, 0.05) is 24.0 Å². The Morgan fingerprint density at radius 1 is 1.55 bits per heavy atom. The summed E-state index contributed by atoms with van der Waals surface area (Å²) in [5.74, 6) is -0.163. The second-order valence-electron chi connectivity index (χ2n) is 5.06. The van der Waals surface area contributed by atoms with Crippen LogP contribution < -0.4 is 5.32 Å². The number of carbonyl (C=O) groups excluding carboxylic acids is 1. The van der Waals surface area contributed by atoms with Crippen molar-refractivity contribution in [2.24, 2.45) is 0 Å². The second kappa shape index (κ2) is 4.72. The van der Waals surface area contributed by atoms with Gasteiger partial charge < -0.3 is 10.4 Å². The van der Waals surface area contributed by atoms with Crippen LogP contribution in [0, 0.1) is 6.92 Å². The van der Waals surface area contributed by atoms with Crippen molar-refractivity contribution in [3.8, 4) is 11.1 Å². The molecule has 0 radical (unpaired) electrons. The Kier molecular flexibility index (Phi) is 3.02. The minimum Gasteiger partial charge on any atom is -0.391 e. The molecule has 3 rings (SSSR count). The predicted octanol–water partition coefficient (Wildman–Crippen LogP) is 0.919. The lowest BCUT2D eigenvalue weighted by molar-refractivity contribution is 0.0805. The predicted molar refractivity (Wildman–Crippen MR) is 73.2 cm³/mol. The number of carbonyl (C=O) groups is 1. The normalized spacial score (nSPS) is 19.4. The minimum absolute atomic E-state index is 0.163. The molecule has 1 amide bonds. The number of nitrogens with zero attached hydrogens (tertiary/aromatic N) is 3. The van der Waals surface area contributed by atoms with Gasteiger partial charge in [0.2, 0.25) is 0 Å². The third-order valence-corrected chi connectivity index (χ3v) is 3.56. The fourth-order valence-electron chi connectivity index (χ4n) is 2.51. The van der Waals surface area contributed by atoms with Gasteiger partial charge in [-0.3, -0.25) is 14.5 Å². The third-order valence-electron chi connectivity index (χ3n) is 3.56. The molecule has 6 heteroatoms. The van der Waals surface area contributed by atoms with Crippen LogP contribution in [0.5, 0.6) is 0 Å². The molecule has 2 atom stereocenters. The molecule has 20 heavy (non-hydrogen) atoms. The fraction of sp³-hybridized carbons (Fsp3) is 0.357. The maximum Gasteiger partial charge on any atom is 0.270 e. The number of aliphatic hydroxyl groups is 1. The van der Waals surface area contributed by atoms with Gasteiger partial charge in [-0.1, -0.05) is 0 Å². The van der Waals surface area contributed by atoms with Gasteiger partial charge in [0.15, 0.2) is 0 Å². The number of aryl methyl sites for hydroxylation is 1. The molecule has 2 aromatic heterocycles. The highest BCUT2D eigenvalue weighted by molar-refractivity contribution is 5.99. The maximum atomic E-state index is 12.1. The Hall–Kier alpha value is -2.21. The Bertz CT molecular complexity index is 663. The first-order chi connectivity index (χ1) is 9.58. The molecule has 2 unspecified atom stereocenters. The van der Waals surface area contributed by atoms with Gasteiger partial charge in [-0.05, 0) is 31.5 Å². The van der Waals surface area contributed by atoms with Crippen LogP contribution in [0.25, 0.3) is 11.1 Å². The van der Waals surface area contributed by atoms with Crippen LogP contribution in [-0.2, 0) is 0 Å². The van der Waals surface area contributed by atoms with Gasteiger partial charge in [-0.25, -0.2) is 0 Å². The van der Waals surface area contributed by atoms with Crippen molar-refractivity contribution in [1.29, 1.82) is 0 Å². The zero-order valence-corrected chi connectivity index (χ0v) is 11.4. The number of nitrogens with one attached hydrogen (secondary N) is 1. The van der Waals surface area contributed by atoms with Crippen LogP contribution in [-0.4, -0.2) is 38.4 Å². The molecule has 0 bridgehead atoms. The minimum atomic E-state index is -0.582. The smallest absolute Gasteiger partial charge is 0.270 e. The Morgan fingerprint density at radius 3 is 3.05 bits per heavy atom. The molecule has 2 N–H and O–H groups in total. The van der Waals surface area contributed by atoms with Gasteiger partial charge >= 0.3 is 0 Å². The molecular formula is C14H16N4O2. The van der Waals surface area contributed by atoms with E-state index in [2.05, 4.69) is 15.4 Å². The van der Waals surface area contributed by atoms with Gasteiger partial charge in [0.25, 0.3) is 5.91 Å². The zero-order valence-electron chi connectivity index (χ0n) is 11.4. The summed E-state index contributed by atoms with van der Waals surface area (Å²) in [5.41, 5.74) is 3.04. The molecule has 6 nitrogen and oxygen atoms in total. The van der Waals surface area contributed by atoms with E-state index in [0.29, 0.717) is 12.2 Å². The summed E-state index contributed by atoms with van der Waals surface area (Å²) < 4.78 is 1.62. The number of amides is 1. The molecule has 3 heterocycles. The monoisotopic (exact) mass is 272 g/mol. The van der Waals surface area contributed by atoms with Crippen LogP contribution in [0.4, 0.5) is 0 Å². The van der Waals surface area contributed by atoms with E-state index in [1.54, 1.807) is 24.0 Å². The number of pyridine rings is 1. The average molecular weight is 272 g/mol. The summed E-state index contributed by atoms with van der Waals surface area (Å²) in [7, 11) is 0. The first-order valence-electron chi connectivity index (χ1n) is 6.54. The highest BCUT2D eigenvalue weighted by atomic mass is 16.3. The number of hydrogen-bond donors (Lipinski definition) is 2. The largest absolute Gasteiger partial charge is 0.391 e. The lowest BCUT2D eigenvalue weighted by Gasteiger charge is -2.27. The Balaban J connectivity index is 2.14. The summed E-state index contributed by atoms with van der Waals surface area (Å²) in [6.07, 6.45) is 2.80. The zero-order chi connectivity index (χ0) is 14.3. The molecule has 104 valence electrons. The van der Waals surface area contributed by atoms with Crippen molar-refractivity contribution in [3.63, 3.8) is 0 Å². The van der Waals surface area contributed by atoms with Crippen LogP contribution in [0.3, 0.4) is 0 Å². The highest BCUT2D eigenvalue weighted by Gasteiger charge is 2.31. The van der Waals surface area contributed by atoms with Crippen molar-refractivity contribution in [3.05, 3.63) is 35.9 Å². The van der Waals surface area contributed by atoms with Crippen molar-refractivity contribution >= 4 is 5.91 Å². The van der Waals surface area contributed by atoms with E-state index in [4.69, 9.17) is 0 Å². The number of hydrogen-bond acceptors (Lipinski definition) is 4. The molecule has 1 aliphatic rings. The van der Waals surface area contributed by atoms with Gasteiger partial charge in [-0.15, -0.1) is 0 Å². The Morgan fingerprint density at radius 2 is 2.35 bits per heavy atom. The number of rotatable bonds is 2. The SMILES string of the molecule is Cc1cc(-c2cnn3c2C(=O)NCC3C(C)O)ccn1. The molecule has 0 spiro atoms. The molecular weight excluding hydrogens is 256 g/mol. The van der Waals surface area contributed by atoms with Crippen LogP contribution >= 0.6 is 0 Å². The van der Waals surface area contributed by atoms with E-state index in [0.717, 1.165) is 16.8 Å². The Labute approximate surface area is 116 Å². The third kappa shape index (κ3) is 1.98. The summed E-state index contributed by atoms with van der Waals surface area (Å²) in [5, 5.41) is 16.9. The van der Waals surface area contributed by atoms with Gasteiger partial charge in [0.05, 0.1) is 18.3 Å². The summed E-state index contributed by atoms with van der Waals surface area (Å²) in [6.45, 7) is 3.99. The van der Waals surface area contributed by atoms with Crippen molar-refractivity contribution in [1.82, 2.24) is 20.1 Å². The standard InChI is InChI=1S/C14H16N4O2/c1-8-5-10(3-4-15-8)11-6-17-18-12(9(2)19)7-16-14(20)13(11)18/h3-6,9,12,19H,7H2,1-2H3,(H,16,20). The topological polar surface area (TPSA) is 80.0 Å². The molecule has 2 aromatic rings. The van der Waals surface area contributed by atoms with Crippen molar-refractivity contribution in [2.75, 3.05) is 6.54 Å². The summed E-state index contributed by atoms with van der Waals surface area (Å²) in [6, 6.07) is 3.53. The number of fused-ring (bicyclic) bond motifs is 1. The highest BCUT2D eigenvalue weighted by Crippen LogP contribution is 2.28. The quantitative estimate of drug-likeness (QED) is 0.852.